The molecule has 0 fully saturated rings. The van der Waals surface area contributed by atoms with Gasteiger partial charge in [0, 0.05) is 26.0 Å². The van der Waals surface area contributed by atoms with Crippen molar-refractivity contribution in [3.8, 4) is 0 Å². The van der Waals surface area contributed by atoms with Crippen molar-refractivity contribution in [2.24, 2.45) is 0 Å². The van der Waals surface area contributed by atoms with E-state index in [0.29, 0.717) is 0 Å². The Morgan fingerprint density at radius 2 is 1.90 bits per heavy atom. The molecule has 0 unspecified atom stereocenters. The first-order valence-electron chi connectivity index (χ1n) is 7.44. The molecule has 116 valence electrons. The van der Waals surface area contributed by atoms with E-state index in [4.69, 9.17) is 4.43 Å². The van der Waals surface area contributed by atoms with Crippen molar-refractivity contribution in [1.29, 1.82) is 0 Å². The van der Waals surface area contributed by atoms with Crippen LogP contribution in [0.1, 0.15) is 31.2 Å². The summed E-state index contributed by atoms with van der Waals surface area (Å²) < 4.78 is 8.96. The first kappa shape index (κ1) is 17.2. The predicted molar refractivity (Wildman–Crippen MR) is 101 cm³/mol. The van der Waals surface area contributed by atoms with Gasteiger partial charge in [-0.15, -0.1) is 11.3 Å². The molecule has 4 heteroatoms. The van der Waals surface area contributed by atoms with E-state index in [2.05, 4.69) is 74.9 Å². The average molecular weight is 385 g/mol. The van der Waals surface area contributed by atoms with Crippen LogP contribution in [0.25, 0.3) is 10.1 Å². The Balaban J connectivity index is 2.13. The first-order valence-corrected chi connectivity index (χ1v) is 12.0. The topological polar surface area (TPSA) is 9.23 Å². The van der Waals surface area contributed by atoms with E-state index in [1.54, 1.807) is 0 Å². The zero-order chi connectivity index (χ0) is 15.8. The number of fused-ring (bicyclic) bond motifs is 1. The van der Waals surface area contributed by atoms with Crippen LogP contribution in [0, 0.1) is 6.92 Å². The Labute approximate surface area is 142 Å². The molecule has 0 aliphatic heterocycles. The molecule has 1 heterocycles. The summed E-state index contributed by atoms with van der Waals surface area (Å²) in [5, 5.41) is 1.61. The second kappa shape index (κ2) is 6.15. The third-order valence-electron chi connectivity index (χ3n) is 4.54. The lowest BCUT2D eigenvalue weighted by molar-refractivity contribution is 0.292. The normalized spacial score (nSPS) is 13.1. The van der Waals surface area contributed by atoms with E-state index in [1.807, 2.05) is 11.3 Å². The first-order chi connectivity index (χ1) is 9.63. The summed E-state index contributed by atoms with van der Waals surface area (Å²) in [4.78, 5) is 1.35. The van der Waals surface area contributed by atoms with E-state index >= 15 is 0 Å². The summed E-state index contributed by atoms with van der Waals surface area (Å²) in [7, 11) is -1.64. The van der Waals surface area contributed by atoms with Gasteiger partial charge in [-0.25, -0.2) is 0 Å². The monoisotopic (exact) mass is 384 g/mol. The molecule has 0 spiro atoms. The highest BCUT2D eigenvalue weighted by atomic mass is 79.9. The molecule has 2 aromatic rings. The number of halogens is 1. The van der Waals surface area contributed by atoms with Gasteiger partial charge in [-0.2, -0.15) is 0 Å². The molecule has 2 rings (SSSR count). The summed E-state index contributed by atoms with van der Waals surface area (Å²) in [5.74, 6) is 0. The van der Waals surface area contributed by atoms with Gasteiger partial charge in [0.15, 0.2) is 8.32 Å². The van der Waals surface area contributed by atoms with Crippen LogP contribution in [0.3, 0.4) is 0 Å². The van der Waals surface area contributed by atoms with Crippen LogP contribution in [0.5, 0.6) is 0 Å². The minimum Gasteiger partial charge on any atom is -0.416 e. The summed E-state index contributed by atoms with van der Waals surface area (Å²) >= 11 is 5.57. The molecule has 1 aromatic heterocycles. The highest BCUT2D eigenvalue weighted by Crippen LogP contribution is 2.38. The van der Waals surface area contributed by atoms with Crippen LogP contribution in [0.4, 0.5) is 0 Å². The second-order valence-corrected chi connectivity index (χ2v) is 14.0. The molecular weight excluding hydrogens is 360 g/mol. The lowest BCUT2D eigenvalue weighted by Gasteiger charge is -2.36. The van der Waals surface area contributed by atoms with Gasteiger partial charge >= 0.3 is 0 Å². The number of rotatable bonds is 4. The zero-order valence-electron chi connectivity index (χ0n) is 13.8. The maximum atomic E-state index is 6.32. The minimum atomic E-state index is -1.64. The standard InChI is InChI=1S/C17H25BrOSSi/c1-12-15(18)14-9-7-8-13(16(14)20-12)10-11-19-21(5,6)17(2,3)4/h7-9H,10-11H2,1-6H3. The molecule has 1 nitrogen and oxygen atoms in total. The fourth-order valence-electron chi connectivity index (χ4n) is 2.10. The van der Waals surface area contributed by atoms with Gasteiger partial charge in [-0.05, 0) is 53.0 Å². The zero-order valence-corrected chi connectivity index (χ0v) is 17.2. The maximum absolute atomic E-state index is 6.32. The molecule has 0 N–H and O–H groups in total. The molecule has 0 radical (unpaired) electrons. The number of thiophene rings is 1. The Bertz CT molecular complexity index is 640. The van der Waals surface area contributed by atoms with Crippen molar-refractivity contribution in [2.75, 3.05) is 6.61 Å². The van der Waals surface area contributed by atoms with Crippen LogP contribution in [0.15, 0.2) is 22.7 Å². The molecular formula is C17H25BrOSSi. The summed E-state index contributed by atoms with van der Waals surface area (Å²) in [6, 6.07) is 6.59. The molecule has 0 aliphatic carbocycles. The van der Waals surface area contributed by atoms with E-state index in [-0.39, 0.29) is 5.04 Å². The Morgan fingerprint density at radius 1 is 1.24 bits per heavy atom. The van der Waals surface area contributed by atoms with Crippen LogP contribution < -0.4 is 0 Å². The highest BCUT2D eigenvalue weighted by Gasteiger charge is 2.36. The molecule has 0 saturated heterocycles. The molecule has 0 amide bonds. The Morgan fingerprint density at radius 3 is 2.52 bits per heavy atom. The van der Waals surface area contributed by atoms with Crippen LogP contribution in [-0.4, -0.2) is 14.9 Å². The largest absolute Gasteiger partial charge is 0.416 e. The fourth-order valence-corrected chi connectivity index (χ4v) is 4.93. The van der Waals surface area contributed by atoms with Crippen molar-refractivity contribution >= 4 is 45.7 Å². The second-order valence-electron chi connectivity index (χ2n) is 7.12. The molecule has 0 aliphatic rings. The molecule has 21 heavy (non-hydrogen) atoms. The van der Waals surface area contributed by atoms with E-state index in [1.165, 1.54) is 25.0 Å². The van der Waals surface area contributed by atoms with Crippen LogP contribution >= 0.6 is 27.3 Å². The number of benzene rings is 1. The molecule has 0 saturated carbocycles. The van der Waals surface area contributed by atoms with Crippen molar-refractivity contribution in [3.63, 3.8) is 0 Å². The van der Waals surface area contributed by atoms with Gasteiger partial charge in [-0.3, -0.25) is 0 Å². The summed E-state index contributed by atoms with van der Waals surface area (Å²) in [6.07, 6.45) is 0.996. The Hall–Kier alpha value is -0.163. The predicted octanol–water partition coefficient (Wildman–Crippen LogP) is 6.54. The molecule has 0 bridgehead atoms. The fraction of sp³-hybridized carbons (Fsp3) is 0.529. The lowest BCUT2D eigenvalue weighted by Crippen LogP contribution is -2.41. The van der Waals surface area contributed by atoms with Gasteiger partial charge < -0.3 is 4.43 Å². The highest BCUT2D eigenvalue weighted by molar-refractivity contribution is 9.10. The SMILES string of the molecule is Cc1sc2c(CCO[Si](C)(C)C(C)(C)C)cccc2c1Br. The summed E-state index contributed by atoms with van der Waals surface area (Å²) in [6.45, 7) is 14.5. The average Bonchev–Trinajstić information content (AvgIpc) is 2.65. The van der Waals surface area contributed by atoms with Gasteiger partial charge in [0.05, 0.1) is 0 Å². The van der Waals surface area contributed by atoms with Crippen LogP contribution in [0.2, 0.25) is 18.1 Å². The molecule has 1 aromatic carbocycles. The third-order valence-corrected chi connectivity index (χ3v) is 11.6. The van der Waals surface area contributed by atoms with E-state index in [0.717, 1.165) is 13.0 Å². The van der Waals surface area contributed by atoms with Crippen molar-refractivity contribution in [1.82, 2.24) is 0 Å². The van der Waals surface area contributed by atoms with E-state index in [9.17, 15) is 0 Å². The number of hydrogen-bond acceptors (Lipinski definition) is 2. The number of hydrogen-bond donors (Lipinski definition) is 0. The van der Waals surface area contributed by atoms with Gasteiger partial charge in [0.2, 0.25) is 0 Å². The van der Waals surface area contributed by atoms with E-state index < -0.39 is 8.32 Å². The van der Waals surface area contributed by atoms with Gasteiger partial charge in [0.25, 0.3) is 0 Å². The maximum Gasteiger partial charge on any atom is 0.191 e. The lowest BCUT2D eigenvalue weighted by atomic mass is 10.1. The van der Waals surface area contributed by atoms with Crippen LogP contribution in [-0.2, 0) is 10.8 Å². The molecule has 0 atom stereocenters. The summed E-state index contributed by atoms with van der Waals surface area (Å²) in [5.41, 5.74) is 1.41. The third kappa shape index (κ3) is 3.61. The van der Waals surface area contributed by atoms with Gasteiger partial charge in [-0.1, -0.05) is 39.0 Å². The van der Waals surface area contributed by atoms with Crippen molar-refractivity contribution in [2.45, 2.75) is 52.2 Å². The number of aryl methyl sites for hydroxylation is 1. The van der Waals surface area contributed by atoms with Crippen molar-refractivity contribution < 1.29 is 4.43 Å². The minimum absolute atomic E-state index is 0.279. The Kier molecular flexibility index (Phi) is 5.03. The smallest absolute Gasteiger partial charge is 0.191 e. The van der Waals surface area contributed by atoms with Crippen molar-refractivity contribution in [3.05, 3.63) is 33.1 Å². The quantitative estimate of drug-likeness (QED) is 0.543. The van der Waals surface area contributed by atoms with Gasteiger partial charge in [0.1, 0.15) is 0 Å².